The lowest BCUT2D eigenvalue weighted by Crippen LogP contribution is -2.21. The first kappa shape index (κ1) is 20.9. The van der Waals surface area contributed by atoms with Crippen LogP contribution in [0.1, 0.15) is 43.0 Å². The van der Waals surface area contributed by atoms with Crippen molar-refractivity contribution in [1.82, 2.24) is 0 Å². The van der Waals surface area contributed by atoms with Crippen molar-refractivity contribution in [2.75, 3.05) is 7.11 Å². The highest BCUT2D eigenvalue weighted by Crippen LogP contribution is 2.37. The number of benzene rings is 3. The van der Waals surface area contributed by atoms with E-state index in [0.717, 1.165) is 5.56 Å². The van der Waals surface area contributed by atoms with Crippen molar-refractivity contribution in [3.8, 4) is 17.2 Å². The van der Waals surface area contributed by atoms with Gasteiger partial charge >= 0.3 is 5.97 Å². The Labute approximate surface area is 183 Å². The van der Waals surface area contributed by atoms with Crippen LogP contribution in [0.25, 0.3) is 6.08 Å². The lowest BCUT2D eigenvalue weighted by Gasteiger charge is -2.20. The molecule has 0 unspecified atom stereocenters. The number of hydrogen-bond acceptors (Lipinski definition) is 7. The lowest BCUT2D eigenvalue weighted by atomic mass is 9.82. The van der Waals surface area contributed by atoms with E-state index < -0.39 is 23.3 Å². The fraction of sp³-hybridized carbons (Fsp3) is 0.0800. The zero-order chi connectivity index (χ0) is 22.8. The molecule has 0 aliphatic heterocycles. The van der Waals surface area contributed by atoms with Crippen LogP contribution in [-0.2, 0) is 16.1 Å². The number of methoxy groups -OCH3 is 1. The summed E-state index contributed by atoms with van der Waals surface area (Å²) in [6.07, 6.45) is 2.84. The molecule has 7 heteroatoms. The number of hydrogen-bond donors (Lipinski definition) is 2. The Kier molecular flexibility index (Phi) is 5.47. The molecule has 1 aliphatic rings. The average molecular weight is 430 g/mol. The largest absolute Gasteiger partial charge is 0.507 e. The van der Waals surface area contributed by atoms with Crippen LogP contribution in [0.2, 0.25) is 0 Å². The van der Waals surface area contributed by atoms with Crippen LogP contribution in [0, 0.1) is 0 Å². The number of carbonyl (C=O) groups excluding carboxylic acids is 3. The molecule has 0 radical (unpaired) electrons. The second-order valence-electron chi connectivity index (χ2n) is 7.11. The van der Waals surface area contributed by atoms with Crippen LogP contribution < -0.4 is 4.74 Å². The predicted octanol–water partition coefficient (Wildman–Crippen LogP) is 3.64. The van der Waals surface area contributed by atoms with Crippen LogP contribution in [0.3, 0.4) is 0 Å². The summed E-state index contributed by atoms with van der Waals surface area (Å²) in [4.78, 5) is 37.7. The van der Waals surface area contributed by atoms with E-state index in [1.807, 2.05) is 0 Å². The Balaban J connectivity index is 1.51. The topological polar surface area (TPSA) is 110 Å². The van der Waals surface area contributed by atoms with Crippen molar-refractivity contribution in [3.63, 3.8) is 0 Å². The van der Waals surface area contributed by atoms with Crippen molar-refractivity contribution < 1.29 is 34.1 Å². The molecule has 0 bridgehead atoms. The molecule has 0 aromatic heterocycles. The molecular weight excluding hydrogens is 412 g/mol. The monoisotopic (exact) mass is 430 g/mol. The molecule has 0 atom stereocenters. The first-order valence-corrected chi connectivity index (χ1v) is 9.65. The van der Waals surface area contributed by atoms with E-state index in [2.05, 4.69) is 0 Å². The summed E-state index contributed by atoms with van der Waals surface area (Å²) >= 11 is 0. The minimum atomic E-state index is -0.642. The SMILES string of the molecule is COc1ccc(/C=C/C(=O)OCc2cc(O)c3c(c2)C(=O)c2cccc(O)c2C3=O)cc1. The highest BCUT2D eigenvalue weighted by molar-refractivity contribution is 6.30. The van der Waals surface area contributed by atoms with Gasteiger partial charge in [-0.2, -0.15) is 0 Å². The molecule has 0 amide bonds. The van der Waals surface area contributed by atoms with Crippen LogP contribution in [0.5, 0.6) is 17.2 Å². The fourth-order valence-electron chi connectivity index (χ4n) is 3.51. The third-order valence-corrected chi connectivity index (χ3v) is 5.07. The van der Waals surface area contributed by atoms with Crippen molar-refractivity contribution in [2.45, 2.75) is 6.61 Å². The van der Waals surface area contributed by atoms with Gasteiger partial charge < -0.3 is 19.7 Å². The summed E-state index contributed by atoms with van der Waals surface area (Å²) in [5.74, 6) is -1.81. The van der Waals surface area contributed by atoms with Gasteiger partial charge in [0.25, 0.3) is 0 Å². The van der Waals surface area contributed by atoms with Crippen molar-refractivity contribution >= 4 is 23.6 Å². The molecule has 160 valence electrons. The third kappa shape index (κ3) is 3.83. The molecule has 0 fully saturated rings. The first-order chi connectivity index (χ1) is 15.4. The number of fused-ring (bicyclic) bond motifs is 2. The number of phenolic OH excluding ortho intramolecular Hbond substituents is 2. The minimum absolute atomic E-state index is 0.00655. The number of ketones is 2. The van der Waals surface area contributed by atoms with Crippen LogP contribution >= 0.6 is 0 Å². The predicted molar refractivity (Wildman–Crippen MR) is 115 cm³/mol. The van der Waals surface area contributed by atoms with E-state index in [-0.39, 0.29) is 34.6 Å². The Morgan fingerprint density at radius 2 is 1.62 bits per heavy atom. The molecule has 3 aromatic rings. The Hall–Kier alpha value is -4.39. The standard InChI is InChI=1S/C25H18O7/c1-31-16-8-5-14(6-9-16)7-10-21(28)32-13-15-11-18-23(20(27)12-15)25(30)22-17(24(18)29)3-2-4-19(22)26/h2-12,26-27H,13H2,1H3/b10-7+. The van der Waals surface area contributed by atoms with Gasteiger partial charge in [-0.05, 0) is 47.5 Å². The van der Waals surface area contributed by atoms with E-state index in [1.165, 1.54) is 36.4 Å². The summed E-state index contributed by atoms with van der Waals surface area (Å²) in [6.45, 7) is -0.207. The van der Waals surface area contributed by atoms with Crippen molar-refractivity contribution in [2.24, 2.45) is 0 Å². The summed E-state index contributed by atoms with van der Waals surface area (Å²) in [5.41, 5.74) is 0.852. The fourth-order valence-corrected chi connectivity index (χ4v) is 3.51. The number of esters is 1. The summed E-state index contributed by atoms with van der Waals surface area (Å²) in [7, 11) is 1.56. The van der Waals surface area contributed by atoms with Crippen LogP contribution in [-0.4, -0.2) is 34.9 Å². The van der Waals surface area contributed by atoms with Crippen molar-refractivity contribution in [3.05, 3.63) is 94.1 Å². The Morgan fingerprint density at radius 3 is 2.34 bits per heavy atom. The van der Waals surface area contributed by atoms with E-state index in [9.17, 15) is 24.6 Å². The van der Waals surface area contributed by atoms with Crippen LogP contribution in [0.4, 0.5) is 0 Å². The van der Waals surface area contributed by atoms with Gasteiger partial charge in [-0.15, -0.1) is 0 Å². The summed E-state index contributed by atoms with van der Waals surface area (Å²) < 4.78 is 10.3. The molecule has 2 N–H and O–H groups in total. The molecule has 0 heterocycles. The van der Waals surface area contributed by atoms with Gasteiger partial charge in [-0.3, -0.25) is 9.59 Å². The second kappa shape index (κ2) is 8.39. The highest BCUT2D eigenvalue weighted by Gasteiger charge is 2.34. The van der Waals surface area contributed by atoms with E-state index in [4.69, 9.17) is 9.47 Å². The van der Waals surface area contributed by atoms with Gasteiger partial charge in [-0.25, -0.2) is 4.79 Å². The number of phenols is 2. The maximum Gasteiger partial charge on any atom is 0.331 e. The van der Waals surface area contributed by atoms with Crippen molar-refractivity contribution in [1.29, 1.82) is 0 Å². The zero-order valence-corrected chi connectivity index (χ0v) is 17.0. The molecule has 7 nitrogen and oxygen atoms in total. The van der Waals surface area contributed by atoms with E-state index in [0.29, 0.717) is 11.3 Å². The maximum absolute atomic E-state index is 12.9. The van der Waals surface area contributed by atoms with Gasteiger partial charge in [0, 0.05) is 17.2 Å². The van der Waals surface area contributed by atoms with Gasteiger partial charge in [0.15, 0.2) is 5.78 Å². The second-order valence-corrected chi connectivity index (χ2v) is 7.11. The highest BCUT2D eigenvalue weighted by atomic mass is 16.5. The van der Waals surface area contributed by atoms with Gasteiger partial charge in [0.05, 0.1) is 18.2 Å². The number of carbonyl (C=O) groups is 3. The minimum Gasteiger partial charge on any atom is -0.507 e. The number of ether oxygens (including phenoxy) is 2. The van der Waals surface area contributed by atoms with Gasteiger partial charge in [0.2, 0.25) is 5.78 Å². The quantitative estimate of drug-likeness (QED) is 0.367. The Bertz CT molecular complexity index is 1270. The van der Waals surface area contributed by atoms with Gasteiger partial charge in [0.1, 0.15) is 23.9 Å². The number of rotatable bonds is 5. The molecular formula is C25H18O7. The van der Waals surface area contributed by atoms with Crippen LogP contribution in [0.15, 0.2) is 60.7 Å². The first-order valence-electron chi connectivity index (χ1n) is 9.65. The third-order valence-electron chi connectivity index (χ3n) is 5.07. The molecule has 0 saturated carbocycles. The van der Waals surface area contributed by atoms with Gasteiger partial charge in [-0.1, -0.05) is 24.3 Å². The molecule has 0 saturated heterocycles. The van der Waals surface area contributed by atoms with E-state index in [1.54, 1.807) is 37.5 Å². The summed E-state index contributed by atoms with van der Waals surface area (Å²) in [5, 5.41) is 20.4. The molecule has 32 heavy (non-hydrogen) atoms. The summed E-state index contributed by atoms with van der Waals surface area (Å²) in [6, 6.07) is 14.0. The molecule has 1 aliphatic carbocycles. The normalized spacial score (nSPS) is 12.4. The zero-order valence-electron chi connectivity index (χ0n) is 17.0. The lowest BCUT2D eigenvalue weighted by molar-refractivity contribution is -0.138. The van der Waals surface area contributed by atoms with E-state index >= 15 is 0 Å². The molecule has 4 rings (SSSR count). The maximum atomic E-state index is 12.9. The Morgan fingerprint density at radius 1 is 0.906 bits per heavy atom. The average Bonchev–Trinajstić information content (AvgIpc) is 2.79. The smallest absolute Gasteiger partial charge is 0.331 e. The number of aromatic hydroxyl groups is 2. The molecule has 0 spiro atoms. The molecule has 3 aromatic carbocycles.